The van der Waals surface area contributed by atoms with E-state index >= 15 is 0 Å². The minimum atomic E-state index is -0.784. The van der Waals surface area contributed by atoms with Crippen molar-refractivity contribution < 1.29 is 14.7 Å². The highest BCUT2D eigenvalue weighted by molar-refractivity contribution is 14.1. The number of carboxylic acids is 1. The maximum absolute atomic E-state index is 12.3. The van der Waals surface area contributed by atoms with Crippen molar-refractivity contribution in [2.75, 3.05) is 5.32 Å². The Hall–Kier alpha value is -1.11. The van der Waals surface area contributed by atoms with Crippen LogP contribution in [0.1, 0.15) is 31.2 Å². The number of carboxylic acid groups (broad SMARTS) is 1. The maximum Gasteiger partial charge on any atom is 0.306 e. The summed E-state index contributed by atoms with van der Waals surface area (Å²) in [4.78, 5) is 23.3. The van der Waals surface area contributed by atoms with E-state index in [-0.39, 0.29) is 17.7 Å². The normalized spacial score (nSPS) is 22.3. The monoisotopic (exact) mass is 387 g/mol. The van der Waals surface area contributed by atoms with Gasteiger partial charge in [-0.3, -0.25) is 9.59 Å². The van der Waals surface area contributed by atoms with Gasteiger partial charge in [0.1, 0.15) is 0 Å². The van der Waals surface area contributed by atoms with E-state index in [0.29, 0.717) is 12.8 Å². The molecule has 5 heteroatoms. The highest BCUT2D eigenvalue weighted by atomic mass is 127. The fourth-order valence-electron chi connectivity index (χ4n) is 2.65. The third-order valence-corrected chi connectivity index (χ3v) is 4.51. The molecule has 1 fully saturated rings. The Bertz CT molecular complexity index is 530. The standard InChI is InChI=1S/C15H18INO3/c1-9-7-12(16)5-6-13(9)17-14(18)10-3-2-4-11(8-10)15(19)20/h5-7,10-11H,2-4,8H2,1H3,(H,17,18)(H,19,20). The van der Waals surface area contributed by atoms with Crippen LogP contribution in [-0.2, 0) is 9.59 Å². The molecule has 0 saturated heterocycles. The molecule has 108 valence electrons. The van der Waals surface area contributed by atoms with Gasteiger partial charge in [-0.05, 0) is 72.5 Å². The Labute approximate surface area is 132 Å². The first-order valence-electron chi connectivity index (χ1n) is 6.77. The van der Waals surface area contributed by atoms with E-state index in [2.05, 4.69) is 27.9 Å². The van der Waals surface area contributed by atoms with Gasteiger partial charge in [-0.2, -0.15) is 0 Å². The van der Waals surface area contributed by atoms with Crippen molar-refractivity contribution in [2.24, 2.45) is 11.8 Å². The number of aryl methyl sites for hydroxylation is 1. The number of rotatable bonds is 3. The lowest BCUT2D eigenvalue weighted by Gasteiger charge is -2.26. The lowest BCUT2D eigenvalue weighted by atomic mass is 9.81. The Morgan fingerprint density at radius 2 is 2.00 bits per heavy atom. The van der Waals surface area contributed by atoms with Crippen LogP contribution in [-0.4, -0.2) is 17.0 Å². The summed E-state index contributed by atoms with van der Waals surface area (Å²) in [6.45, 7) is 1.96. The fourth-order valence-corrected chi connectivity index (χ4v) is 3.30. The van der Waals surface area contributed by atoms with Gasteiger partial charge in [-0.1, -0.05) is 6.42 Å². The summed E-state index contributed by atoms with van der Waals surface area (Å²) in [6, 6.07) is 5.85. The zero-order chi connectivity index (χ0) is 14.7. The van der Waals surface area contributed by atoms with E-state index in [1.165, 1.54) is 0 Å². The number of carbonyl (C=O) groups excluding carboxylic acids is 1. The van der Waals surface area contributed by atoms with E-state index in [1.807, 2.05) is 25.1 Å². The molecule has 0 aromatic heterocycles. The Morgan fingerprint density at radius 1 is 1.30 bits per heavy atom. The number of hydrogen-bond donors (Lipinski definition) is 2. The molecule has 2 N–H and O–H groups in total. The Morgan fingerprint density at radius 3 is 2.65 bits per heavy atom. The molecule has 2 atom stereocenters. The SMILES string of the molecule is Cc1cc(I)ccc1NC(=O)C1CCCC(C(=O)O)C1. The van der Waals surface area contributed by atoms with Gasteiger partial charge in [0.05, 0.1) is 5.92 Å². The second kappa shape index (κ2) is 6.56. The van der Waals surface area contributed by atoms with Crippen molar-refractivity contribution in [2.45, 2.75) is 32.6 Å². The van der Waals surface area contributed by atoms with E-state index in [1.54, 1.807) is 0 Å². The smallest absolute Gasteiger partial charge is 0.306 e. The first kappa shape index (κ1) is 15.3. The van der Waals surface area contributed by atoms with Gasteiger partial charge in [0, 0.05) is 15.2 Å². The first-order chi connectivity index (χ1) is 9.47. The molecule has 20 heavy (non-hydrogen) atoms. The Kier molecular flexibility index (Phi) is 5.01. The first-order valence-corrected chi connectivity index (χ1v) is 7.85. The molecule has 1 aliphatic rings. The van der Waals surface area contributed by atoms with Crippen LogP contribution in [0.15, 0.2) is 18.2 Å². The fraction of sp³-hybridized carbons (Fsp3) is 0.467. The predicted molar refractivity (Wildman–Crippen MR) is 85.6 cm³/mol. The van der Waals surface area contributed by atoms with Crippen LogP contribution in [0.4, 0.5) is 5.69 Å². The van der Waals surface area contributed by atoms with Crippen molar-refractivity contribution in [3.8, 4) is 0 Å². The predicted octanol–water partition coefficient (Wildman–Crippen LogP) is 3.43. The van der Waals surface area contributed by atoms with E-state index in [9.17, 15) is 9.59 Å². The summed E-state index contributed by atoms with van der Waals surface area (Å²) < 4.78 is 1.13. The molecule has 0 radical (unpaired) electrons. The molecule has 2 unspecified atom stereocenters. The number of aliphatic carboxylic acids is 1. The highest BCUT2D eigenvalue weighted by Gasteiger charge is 2.31. The molecule has 0 heterocycles. The van der Waals surface area contributed by atoms with Gasteiger partial charge in [-0.15, -0.1) is 0 Å². The van der Waals surface area contributed by atoms with Gasteiger partial charge in [-0.25, -0.2) is 0 Å². The number of nitrogens with one attached hydrogen (secondary N) is 1. The number of benzene rings is 1. The van der Waals surface area contributed by atoms with E-state index < -0.39 is 5.97 Å². The second-order valence-corrected chi connectivity index (χ2v) is 6.59. The summed E-state index contributed by atoms with van der Waals surface area (Å²) in [5, 5.41) is 12.0. The second-order valence-electron chi connectivity index (χ2n) is 5.35. The van der Waals surface area contributed by atoms with E-state index in [4.69, 9.17) is 5.11 Å². The summed E-state index contributed by atoms with van der Waals surface area (Å²) >= 11 is 2.23. The van der Waals surface area contributed by atoms with Crippen molar-refractivity contribution >= 4 is 40.2 Å². The van der Waals surface area contributed by atoms with Gasteiger partial charge < -0.3 is 10.4 Å². The molecule has 1 amide bonds. The minimum Gasteiger partial charge on any atom is -0.481 e. The minimum absolute atomic E-state index is 0.0553. The molecular weight excluding hydrogens is 369 g/mol. The number of hydrogen-bond acceptors (Lipinski definition) is 2. The topological polar surface area (TPSA) is 66.4 Å². The van der Waals surface area contributed by atoms with Crippen molar-refractivity contribution in [3.63, 3.8) is 0 Å². The molecular formula is C15H18INO3. The number of carbonyl (C=O) groups is 2. The van der Waals surface area contributed by atoms with Gasteiger partial charge in [0.2, 0.25) is 5.91 Å². The van der Waals surface area contributed by atoms with Gasteiger partial charge in [0.15, 0.2) is 0 Å². The number of anilines is 1. The third-order valence-electron chi connectivity index (χ3n) is 3.84. The molecule has 1 aliphatic carbocycles. The van der Waals surface area contributed by atoms with Crippen molar-refractivity contribution in [1.82, 2.24) is 0 Å². The van der Waals surface area contributed by atoms with Crippen LogP contribution in [0.25, 0.3) is 0 Å². The zero-order valence-corrected chi connectivity index (χ0v) is 13.5. The van der Waals surface area contributed by atoms with Crippen LogP contribution >= 0.6 is 22.6 Å². The maximum atomic E-state index is 12.3. The summed E-state index contributed by atoms with van der Waals surface area (Å²) in [6.07, 6.45) is 2.71. The lowest BCUT2D eigenvalue weighted by Crippen LogP contribution is -2.31. The molecule has 4 nitrogen and oxygen atoms in total. The molecule has 2 rings (SSSR count). The number of amides is 1. The molecule has 0 aliphatic heterocycles. The molecule has 1 aromatic carbocycles. The quantitative estimate of drug-likeness (QED) is 0.782. The summed E-state index contributed by atoms with van der Waals surface area (Å²) in [7, 11) is 0. The van der Waals surface area contributed by atoms with Crippen LogP contribution in [0.2, 0.25) is 0 Å². The van der Waals surface area contributed by atoms with Gasteiger partial charge >= 0.3 is 5.97 Å². The average molecular weight is 387 g/mol. The van der Waals surface area contributed by atoms with E-state index in [0.717, 1.165) is 27.7 Å². The van der Waals surface area contributed by atoms with Crippen LogP contribution < -0.4 is 5.32 Å². The highest BCUT2D eigenvalue weighted by Crippen LogP contribution is 2.30. The van der Waals surface area contributed by atoms with Gasteiger partial charge in [0.25, 0.3) is 0 Å². The summed E-state index contributed by atoms with van der Waals surface area (Å²) in [5.74, 6) is -1.41. The lowest BCUT2D eigenvalue weighted by molar-refractivity contribution is -0.143. The van der Waals surface area contributed by atoms with Crippen molar-refractivity contribution in [1.29, 1.82) is 0 Å². The third kappa shape index (κ3) is 3.71. The number of halogens is 1. The van der Waals surface area contributed by atoms with Crippen LogP contribution in [0.3, 0.4) is 0 Å². The van der Waals surface area contributed by atoms with Crippen LogP contribution in [0, 0.1) is 22.3 Å². The largest absolute Gasteiger partial charge is 0.481 e. The van der Waals surface area contributed by atoms with Crippen molar-refractivity contribution in [3.05, 3.63) is 27.3 Å². The molecule has 0 bridgehead atoms. The average Bonchev–Trinajstić information content (AvgIpc) is 2.42. The molecule has 1 aromatic rings. The zero-order valence-electron chi connectivity index (χ0n) is 11.4. The molecule has 0 spiro atoms. The summed E-state index contributed by atoms with van der Waals surface area (Å²) in [5.41, 5.74) is 1.84. The Balaban J connectivity index is 2.02. The molecule has 1 saturated carbocycles. The van der Waals surface area contributed by atoms with Crippen LogP contribution in [0.5, 0.6) is 0 Å².